The van der Waals surface area contributed by atoms with Gasteiger partial charge < -0.3 is 10.5 Å². The first-order valence-electron chi connectivity index (χ1n) is 6.92. The minimum Gasteiger partial charge on any atom is -0.488 e. The molecule has 2 saturated carbocycles. The Balaban J connectivity index is 1.79. The monoisotopic (exact) mass is 265 g/mol. The number of hydrogen-bond donors (Lipinski definition) is 1. The maximum Gasteiger partial charge on any atom is 0.141 e. The Morgan fingerprint density at radius 3 is 2.83 bits per heavy atom. The Kier molecular flexibility index (Phi) is 3.49. The van der Waals surface area contributed by atoms with Gasteiger partial charge in [-0.15, -0.1) is 0 Å². The molecule has 0 spiro atoms. The summed E-state index contributed by atoms with van der Waals surface area (Å²) in [4.78, 5) is 0. The molecule has 3 heteroatoms. The maximum absolute atomic E-state index is 6.28. The van der Waals surface area contributed by atoms with Gasteiger partial charge in [-0.1, -0.05) is 23.7 Å². The van der Waals surface area contributed by atoms with Gasteiger partial charge in [0.05, 0.1) is 5.02 Å². The fourth-order valence-electron chi connectivity index (χ4n) is 3.52. The van der Waals surface area contributed by atoms with Gasteiger partial charge in [-0.05, 0) is 62.1 Å². The van der Waals surface area contributed by atoms with Crippen LogP contribution < -0.4 is 10.5 Å². The van der Waals surface area contributed by atoms with Crippen molar-refractivity contribution in [1.82, 2.24) is 0 Å². The van der Waals surface area contributed by atoms with Gasteiger partial charge in [0.15, 0.2) is 0 Å². The zero-order valence-electron chi connectivity index (χ0n) is 10.6. The van der Waals surface area contributed by atoms with E-state index >= 15 is 0 Å². The second kappa shape index (κ2) is 5.10. The van der Waals surface area contributed by atoms with Gasteiger partial charge in [0.1, 0.15) is 11.9 Å². The molecule has 3 atom stereocenters. The summed E-state index contributed by atoms with van der Waals surface area (Å²) in [7, 11) is 0. The number of hydrogen-bond acceptors (Lipinski definition) is 2. The molecule has 98 valence electrons. The highest BCUT2D eigenvalue weighted by atomic mass is 35.5. The van der Waals surface area contributed by atoms with Crippen LogP contribution in [-0.4, -0.2) is 12.6 Å². The zero-order chi connectivity index (χ0) is 12.5. The Morgan fingerprint density at radius 1 is 1.28 bits per heavy atom. The van der Waals surface area contributed by atoms with Crippen molar-refractivity contribution in [2.75, 3.05) is 6.54 Å². The highest BCUT2D eigenvalue weighted by Crippen LogP contribution is 2.47. The average molecular weight is 266 g/mol. The van der Waals surface area contributed by atoms with Gasteiger partial charge in [-0.3, -0.25) is 0 Å². The predicted molar refractivity (Wildman–Crippen MR) is 74.1 cm³/mol. The topological polar surface area (TPSA) is 35.2 Å². The number of nitrogens with two attached hydrogens (primary N) is 1. The molecule has 0 aliphatic heterocycles. The Hall–Kier alpha value is -0.730. The summed E-state index contributed by atoms with van der Waals surface area (Å²) >= 11 is 6.28. The summed E-state index contributed by atoms with van der Waals surface area (Å²) in [5.41, 5.74) is 6.80. The highest BCUT2D eigenvalue weighted by Gasteiger charge is 2.41. The van der Waals surface area contributed by atoms with E-state index in [0.29, 0.717) is 12.6 Å². The summed E-state index contributed by atoms with van der Waals surface area (Å²) in [5, 5.41) is 0.726. The van der Waals surface area contributed by atoms with E-state index in [1.54, 1.807) is 0 Å². The smallest absolute Gasteiger partial charge is 0.141 e. The minimum atomic E-state index is 0.375. The standard InChI is InChI=1S/C15H20ClNO/c16-13-3-1-2-11(6-7-17)15(13)18-14-9-10-4-5-12(14)8-10/h1-3,10,12,14H,4-9,17H2. The van der Waals surface area contributed by atoms with Crippen LogP contribution in [0.15, 0.2) is 18.2 Å². The van der Waals surface area contributed by atoms with Crippen molar-refractivity contribution in [3.63, 3.8) is 0 Å². The number of para-hydroxylation sites is 1. The molecular formula is C15H20ClNO. The lowest BCUT2D eigenvalue weighted by molar-refractivity contribution is 0.137. The van der Waals surface area contributed by atoms with Gasteiger partial charge in [0.25, 0.3) is 0 Å². The molecule has 2 bridgehead atoms. The number of benzene rings is 1. The van der Waals surface area contributed by atoms with Gasteiger partial charge in [-0.2, -0.15) is 0 Å². The van der Waals surface area contributed by atoms with Crippen molar-refractivity contribution in [3.8, 4) is 5.75 Å². The second-order valence-corrected chi connectivity index (χ2v) is 6.01. The second-order valence-electron chi connectivity index (χ2n) is 5.60. The quantitative estimate of drug-likeness (QED) is 0.906. The molecule has 0 saturated heterocycles. The van der Waals surface area contributed by atoms with Crippen molar-refractivity contribution in [2.45, 2.75) is 38.2 Å². The molecule has 2 fully saturated rings. The highest BCUT2D eigenvalue weighted by molar-refractivity contribution is 6.32. The molecule has 3 rings (SSSR count). The first-order chi connectivity index (χ1) is 8.78. The zero-order valence-corrected chi connectivity index (χ0v) is 11.3. The van der Waals surface area contributed by atoms with Crippen LogP contribution in [0, 0.1) is 11.8 Å². The molecule has 1 aromatic carbocycles. The molecule has 2 N–H and O–H groups in total. The molecule has 0 heterocycles. The molecule has 1 aromatic rings. The summed E-state index contributed by atoms with van der Waals surface area (Å²) in [6.07, 6.45) is 6.48. The van der Waals surface area contributed by atoms with E-state index in [0.717, 1.165) is 34.6 Å². The largest absolute Gasteiger partial charge is 0.488 e. The summed E-state index contributed by atoms with van der Waals surface area (Å²) in [6, 6.07) is 5.95. The van der Waals surface area contributed by atoms with Crippen LogP contribution in [0.5, 0.6) is 5.75 Å². The van der Waals surface area contributed by atoms with E-state index < -0.39 is 0 Å². The van der Waals surface area contributed by atoms with E-state index in [2.05, 4.69) is 6.07 Å². The third kappa shape index (κ3) is 2.24. The van der Waals surface area contributed by atoms with E-state index in [1.807, 2.05) is 12.1 Å². The molecule has 2 nitrogen and oxygen atoms in total. The Labute approximate surface area is 113 Å². The number of rotatable bonds is 4. The maximum atomic E-state index is 6.28. The third-order valence-corrected chi connectivity index (χ3v) is 4.70. The summed E-state index contributed by atoms with van der Waals surface area (Å²) in [6.45, 7) is 0.632. The van der Waals surface area contributed by atoms with Crippen molar-refractivity contribution < 1.29 is 4.74 Å². The predicted octanol–water partition coefficient (Wildman–Crippen LogP) is 3.41. The molecule has 3 unspecified atom stereocenters. The Morgan fingerprint density at radius 2 is 2.17 bits per heavy atom. The molecule has 0 radical (unpaired) electrons. The average Bonchev–Trinajstić information content (AvgIpc) is 2.96. The summed E-state index contributed by atoms with van der Waals surface area (Å²) in [5.74, 6) is 2.51. The van der Waals surface area contributed by atoms with Gasteiger partial charge in [-0.25, -0.2) is 0 Å². The molecule has 2 aliphatic carbocycles. The minimum absolute atomic E-state index is 0.375. The fraction of sp³-hybridized carbons (Fsp3) is 0.600. The molecule has 18 heavy (non-hydrogen) atoms. The van der Waals surface area contributed by atoms with Crippen LogP contribution in [0.2, 0.25) is 5.02 Å². The van der Waals surface area contributed by atoms with Crippen molar-refractivity contribution in [1.29, 1.82) is 0 Å². The van der Waals surface area contributed by atoms with Crippen LogP contribution in [0.1, 0.15) is 31.2 Å². The number of ether oxygens (including phenoxy) is 1. The lowest BCUT2D eigenvalue weighted by Crippen LogP contribution is -2.24. The summed E-state index contributed by atoms with van der Waals surface area (Å²) < 4.78 is 6.24. The number of fused-ring (bicyclic) bond motifs is 2. The third-order valence-electron chi connectivity index (χ3n) is 4.40. The van der Waals surface area contributed by atoms with E-state index in [-0.39, 0.29) is 0 Å². The lowest BCUT2D eigenvalue weighted by atomic mass is 9.97. The fourth-order valence-corrected chi connectivity index (χ4v) is 3.76. The normalized spacial score (nSPS) is 29.8. The van der Waals surface area contributed by atoms with E-state index in [9.17, 15) is 0 Å². The first-order valence-corrected chi connectivity index (χ1v) is 7.30. The van der Waals surface area contributed by atoms with Crippen LogP contribution in [0.4, 0.5) is 0 Å². The lowest BCUT2D eigenvalue weighted by Gasteiger charge is -2.25. The van der Waals surface area contributed by atoms with Crippen LogP contribution in [-0.2, 0) is 6.42 Å². The van der Waals surface area contributed by atoms with Crippen molar-refractivity contribution in [2.24, 2.45) is 17.6 Å². The van der Waals surface area contributed by atoms with Crippen molar-refractivity contribution in [3.05, 3.63) is 28.8 Å². The number of halogens is 1. The molecule has 0 aromatic heterocycles. The van der Waals surface area contributed by atoms with Crippen LogP contribution >= 0.6 is 11.6 Å². The van der Waals surface area contributed by atoms with Gasteiger partial charge in [0, 0.05) is 0 Å². The van der Waals surface area contributed by atoms with Gasteiger partial charge >= 0.3 is 0 Å². The van der Waals surface area contributed by atoms with Crippen LogP contribution in [0.3, 0.4) is 0 Å². The van der Waals surface area contributed by atoms with E-state index in [4.69, 9.17) is 22.1 Å². The van der Waals surface area contributed by atoms with Crippen molar-refractivity contribution >= 4 is 11.6 Å². The molecule has 0 amide bonds. The Bertz CT molecular complexity index is 435. The van der Waals surface area contributed by atoms with Gasteiger partial charge in [0.2, 0.25) is 0 Å². The SMILES string of the molecule is NCCc1cccc(Cl)c1OC1CC2CCC1C2. The van der Waals surface area contributed by atoms with E-state index in [1.165, 1.54) is 25.7 Å². The first kappa shape index (κ1) is 12.3. The molecule has 2 aliphatic rings. The van der Waals surface area contributed by atoms with Crippen LogP contribution in [0.25, 0.3) is 0 Å². The molecular weight excluding hydrogens is 246 g/mol.